The summed E-state index contributed by atoms with van der Waals surface area (Å²) in [6, 6.07) is 44.2. The fraction of sp³-hybridized carbons (Fsp3) is 0.366. The quantitative estimate of drug-likeness (QED) is 0.0202. The molecule has 0 aliphatic carbocycles. The standard InChI is InChI=1S/C28H29NP2.C7H12F2O3.C5H10F2O2.CHO.ClH.Ru.H/c1-5-13-25(14-6-1)30(26-15-7-2-8-16-26)23-21-29-22-24-31(27-17-9-3-10-18-27)28-19-11-4-12-20-28;1-3-5(10)7(8,9)6(11)12-4-2;1-2-4(9)5(6,7)3-8;1-2;;;/h1-20,29H,21-24H2;5,10H,3-4H2,1-2H3;4,8-9H,2-3H2,1H3;1H;1H;;/q;;;-1;;+3;/p+1. The molecule has 0 aromatic heterocycles. The van der Waals surface area contributed by atoms with Gasteiger partial charge in [-0.3, -0.25) is 6.79 Å². The van der Waals surface area contributed by atoms with Crippen LogP contribution < -0.4 is 26.5 Å². The van der Waals surface area contributed by atoms with Crippen LogP contribution in [0, 0.1) is 0 Å². The van der Waals surface area contributed by atoms with Gasteiger partial charge >= 0.3 is 38.9 Å². The summed E-state index contributed by atoms with van der Waals surface area (Å²) in [4.78, 5) is 18.3. The summed E-state index contributed by atoms with van der Waals surface area (Å²) in [5.41, 5.74) is 0. The van der Waals surface area contributed by atoms with Gasteiger partial charge in [-0.1, -0.05) is 86.6 Å². The number of esters is 1. The van der Waals surface area contributed by atoms with Crippen molar-refractivity contribution in [2.75, 3.05) is 38.6 Å². The molecular weight excluding hydrogens is 877 g/mol. The van der Waals surface area contributed by atoms with E-state index < -0.39 is 52.5 Å². The largest absolute Gasteiger partial charge is 0.310 e. The normalized spacial score (nSPS) is 11.9. The molecule has 2 unspecified atom stereocenters. The molecule has 15 heteroatoms. The van der Waals surface area contributed by atoms with E-state index in [1.807, 2.05) is 0 Å². The monoisotopic (exact) mass is 932 g/mol. The minimum absolute atomic E-state index is 0.0481. The van der Waals surface area contributed by atoms with Gasteiger partial charge in [0.15, 0.2) is 0 Å². The van der Waals surface area contributed by atoms with Crippen LogP contribution in [0.15, 0.2) is 121 Å². The van der Waals surface area contributed by atoms with Gasteiger partial charge in [-0.05, 0) is 68.3 Å². The number of nitrogens with one attached hydrogen (secondary N) is 1. The second-order valence-corrected chi connectivity index (χ2v) is 17.0. The molecule has 0 aliphatic heterocycles. The number of carbonyl (C=O) groups is 1. The zero-order valence-corrected chi connectivity index (χ0v) is 36.4. The van der Waals surface area contributed by atoms with Crippen molar-refractivity contribution in [2.24, 2.45) is 0 Å². The Kier molecular flexibility index (Phi) is 29.9. The first-order valence-electron chi connectivity index (χ1n) is 17.8. The van der Waals surface area contributed by atoms with Gasteiger partial charge in [-0.2, -0.15) is 8.78 Å². The van der Waals surface area contributed by atoms with E-state index in [9.17, 15) is 22.4 Å². The molecule has 0 amide bonds. The van der Waals surface area contributed by atoms with Crippen molar-refractivity contribution in [1.29, 1.82) is 0 Å². The van der Waals surface area contributed by atoms with Crippen molar-refractivity contribution in [2.45, 2.75) is 57.7 Å². The van der Waals surface area contributed by atoms with E-state index in [1.54, 1.807) is 17.3 Å². The van der Waals surface area contributed by atoms with E-state index in [0.717, 1.165) is 13.1 Å². The molecule has 0 spiro atoms. The molecule has 0 aliphatic rings. The maximum atomic E-state index is 12.7. The average Bonchev–Trinajstić information content (AvgIpc) is 3.26. The third-order valence-corrected chi connectivity index (χ3v) is 13.7. The van der Waals surface area contributed by atoms with Crippen LogP contribution in [-0.2, 0) is 31.6 Å². The van der Waals surface area contributed by atoms with Gasteiger partial charge in [0.25, 0.3) is 5.92 Å². The molecule has 4 aromatic rings. The molecular formula is C41H55ClF4NO6P2Ru+3. The van der Waals surface area contributed by atoms with Crippen molar-refractivity contribution < 1.29 is 64.5 Å². The molecule has 310 valence electrons. The van der Waals surface area contributed by atoms with Crippen LogP contribution in [-0.4, -0.2) is 90.8 Å². The first-order valence-corrected chi connectivity index (χ1v) is 23.6. The van der Waals surface area contributed by atoms with Gasteiger partial charge in [0.1, 0.15) is 18.8 Å². The minimum Gasteiger partial charge on any atom is -0.310 e. The SMILES string of the molecule is CCC(O)C(F)(F)CO.CCOC(=O)C(F)(F)C(O)CC.[CH-]=O.[Cl][RuH+2].c1ccc([PH+](CCNCC[PH+](c2ccccc2)c2ccccc2)c2ccccc2)cc1. The number of hydrogen-bond acceptors (Lipinski definition) is 7. The summed E-state index contributed by atoms with van der Waals surface area (Å²) in [5.74, 6) is -8.79. The van der Waals surface area contributed by atoms with Gasteiger partial charge < -0.3 is 30.2 Å². The first kappa shape index (κ1) is 53.4. The van der Waals surface area contributed by atoms with E-state index >= 15 is 0 Å². The van der Waals surface area contributed by atoms with Crippen molar-refractivity contribution in [3.05, 3.63) is 121 Å². The number of hydrogen-bond donors (Lipinski definition) is 4. The van der Waals surface area contributed by atoms with Crippen molar-refractivity contribution in [1.82, 2.24) is 5.32 Å². The third kappa shape index (κ3) is 19.7. The van der Waals surface area contributed by atoms with E-state index in [4.69, 9.17) is 20.1 Å². The minimum atomic E-state index is -3.79. The summed E-state index contributed by atoms with van der Waals surface area (Å²) < 4.78 is 53.5. The zero-order valence-electron chi connectivity index (χ0n) is 31.8. The summed E-state index contributed by atoms with van der Waals surface area (Å²) >= 11 is 1.62. The topological polar surface area (TPSA) is 116 Å². The van der Waals surface area contributed by atoms with Gasteiger partial charge in [-0.15, -0.1) is 0 Å². The van der Waals surface area contributed by atoms with E-state index in [0.29, 0.717) is 0 Å². The van der Waals surface area contributed by atoms with Crippen LogP contribution in [0.1, 0.15) is 33.6 Å². The van der Waals surface area contributed by atoms with Crippen LogP contribution in [0.5, 0.6) is 0 Å². The van der Waals surface area contributed by atoms with Gasteiger partial charge in [0.2, 0.25) is 0 Å². The van der Waals surface area contributed by atoms with Crippen LogP contribution in [0.4, 0.5) is 17.6 Å². The number of alkyl halides is 4. The number of ether oxygens (including phenoxy) is 1. The fourth-order valence-electron chi connectivity index (χ4n) is 5.04. The van der Waals surface area contributed by atoms with Crippen molar-refractivity contribution in [3.63, 3.8) is 0 Å². The molecule has 0 heterocycles. The molecule has 4 rings (SSSR count). The Bertz CT molecular complexity index is 1380. The predicted octanol–water partition coefficient (Wildman–Crippen LogP) is 5.79. The van der Waals surface area contributed by atoms with Crippen molar-refractivity contribution >= 4 is 59.5 Å². The predicted molar refractivity (Wildman–Crippen MR) is 224 cm³/mol. The smallest absolute Gasteiger partial charge is 0.0967 e. The summed E-state index contributed by atoms with van der Waals surface area (Å²) in [6.07, 6.45) is -1.51. The molecule has 2 atom stereocenters. The Morgan fingerprint density at radius 2 is 0.982 bits per heavy atom. The van der Waals surface area contributed by atoms with E-state index in [1.165, 1.54) is 54.3 Å². The Labute approximate surface area is 345 Å². The number of carbonyl (C=O) groups excluding carboxylic acids is 2. The van der Waals surface area contributed by atoms with Crippen molar-refractivity contribution in [3.8, 4) is 0 Å². The molecule has 0 radical (unpaired) electrons. The summed E-state index contributed by atoms with van der Waals surface area (Å²) in [6.45, 7) is 8.18. The van der Waals surface area contributed by atoms with Gasteiger partial charge in [0.05, 0.1) is 56.0 Å². The van der Waals surface area contributed by atoms with Crippen LogP contribution in [0.3, 0.4) is 0 Å². The maximum Gasteiger partial charge on any atom is 0.0967 e. The number of rotatable bonds is 17. The Morgan fingerprint density at radius 1 is 0.679 bits per heavy atom. The van der Waals surface area contributed by atoms with Gasteiger partial charge in [-0.25, -0.2) is 13.6 Å². The zero-order chi connectivity index (χ0) is 42.4. The fourth-order valence-corrected chi connectivity index (χ4v) is 10.1. The third-order valence-electron chi connectivity index (χ3n) is 8.03. The summed E-state index contributed by atoms with van der Waals surface area (Å²) in [7, 11) is 3.09. The number of aliphatic hydroxyl groups is 3. The number of halogens is 5. The Hall–Kier alpha value is -2.65. The number of aliphatic hydroxyl groups excluding tert-OH is 3. The molecule has 0 bridgehead atoms. The van der Waals surface area contributed by atoms with E-state index in [-0.39, 0.29) is 19.4 Å². The maximum absolute atomic E-state index is 12.7. The number of benzene rings is 4. The summed E-state index contributed by atoms with van der Waals surface area (Å²) in [5, 5.41) is 35.0. The Balaban J connectivity index is 0.000000999. The first-order chi connectivity index (χ1) is 26.9. The van der Waals surface area contributed by atoms with Crippen LogP contribution in [0.25, 0.3) is 0 Å². The van der Waals surface area contributed by atoms with Gasteiger partial charge in [0, 0.05) is 13.1 Å². The molecule has 56 heavy (non-hydrogen) atoms. The molecule has 7 nitrogen and oxygen atoms in total. The second-order valence-electron chi connectivity index (χ2n) is 11.8. The molecule has 0 saturated carbocycles. The molecule has 0 saturated heterocycles. The Morgan fingerprint density at radius 3 is 1.21 bits per heavy atom. The molecule has 0 fully saturated rings. The average molecular weight is 932 g/mol. The van der Waals surface area contributed by atoms with Crippen LogP contribution >= 0.6 is 25.5 Å². The second kappa shape index (κ2) is 31.4. The molecule has 4 aromatic carbocycles. The van der Waals surface area contributed by atoms with E-state index in [2.05, 4.69) is 148 Å². The molecule has 4 N–H and O–H groups in total. The van der Waals surface area contributed by atoms with Crippen LogP contribution in [0.2, 0.25) is 0 Å².